The quantitative estimate of drug-likeness (QED) is 0.875. The van der Waals surface area contributed by atoms with Crippen molar-refractivity contribution < 1.29 is 9.50 Å². The molecule has 1 aromatic rings. The Hall–Kier alpha value is -1.04. The normalized spacial score (nSPS) is 20.5. The summed E-state index contributed by atoms with van der Waals surface area (Å²) in [6.07, 6.45) is 2.58. The van der Waals surface area contributed by atoms with Gasteiger partial charge in [-0.2, -0.15) is 0 Å². The third-order valence-electron chi connectivity index (χ3n) is 3.98. The second-order valence-electron chi connectivity index (χ2n) is 5.51. The van der Waals surface area contributed by atoms with Crippen LogP contribution in [-0.2, 0) is 0 Å². The number of hydrazine groups is 2. The molecule has 1 saturated carbocycles. The maximum atomic E-state index is 13.9. The number of hydrogen-bond donors (Lipinski definition) is 2. The molecular weight excluding hydrogens is 269 g/mol. The molecule has 0 amide bonds. The number of rotatable bonds is 2. The highest BCUT2D eigenvalue weighted by Crippen LogP contribution is 2.43. The number of nitrogens with zero attached hydrogens (tertiary/aromatic N) is 2. The van der Waals surface area contributed by atoms with E-state index in [1.807, 2.05) is 7.05 Å². The molecule has 3 rings (SSSR count). The third-order valence-corrected chi connectivity index (χ3v) is 4.33. The summed E-state index contributed by atoms with van der Waals surface area (Å²) in [5.74, 6) is -0.400. The third kappa shape index (κ3) is 1.96. The van der Waals surface area contributed by atoms with Gasteiger partial charge in [0.25, 0.3) is 0 Å². The molecule has 0 spiro atoms. The number of aryl methyl sites for hydroxylation is 1. The molecule has 0 unspecified atom stereocenters. The van der Waals surface area contributed by atoms with Crippen LogP contribution in [0.3, 0.4) is 0 Å². The molecule has 1 aromatic carbocycles. The number of nitrogens with one attached hydrogen (secondary N) is 1. The maximum absolute atomic E-state index is 13.9. The van der Waals surface area contributed by atoms with Crippen LogP contribution >= 0.6 is 11.6 Å². The molecule has 0 aromatic heterocycles. The number of aliphatic hydroxyl groups is 1. The number of benzene rings is 1. The molecule has 4 nitrogen and oxygen atoms in total. The van der Waals surface area contributed by atoms with Crippen molar-refractivity contribution in [3.05, 3.63) is 22.5 Å². The Labute approximate surface area is 116 Å². The highest BCUT2D eigenvalue weighted by molar-refractivity contribution is 6.34. The van der Waals surface area contributed by atoms with Gasteiger partial charge in [-0.05, 0) is 37.8 Å². The highest BCUT2D eigenvalue weighted by Gasteiger charge is 2.40. The van der Waals surface area contributed by atoms with E-state index in [0.29, 0.717) is 17.8 Å². The number of β-amino-alcohol motifs (C(OH)–C–C–N with tert-alkyl or cyclic N) is 1. The Bertz CT molecular complexity index is 533. The van der Waals surface area contributed by atoms with Crippen LogP contribution in [-0.4, -0.2) is 24.3 Å². The number of hydrogen-bond acceptors (Lipinski definition) is 4. The van der Waals surface area contributed by atoms with Crippen molar-refractivity contribution in [1.29, 1.82) is 0 Å². The van der Waals surface area contributed by atoms with Gasteiger partial charge in [0.1, 0.15) is 16.5 Å². The van der Waals surface area contributed by atoms with Crippen LogP contribution in [0.15, 0.2) is 6.07 Å². The molecular formula is C13H17ClFN3O. The largest absolute Gasteiger partial charge is 0.388 e. The van der Waals surface area contributed by atoms with Crippen molar-refractivity contribution >= 4 is 23.0 Å². The molecule has 0 radical (unpaired) electrons. The summed E-state index contributed by atoms with van der Waals surface area (Å²) in [5.41, 5.74) is 4.35. The zero-order valence-electron chi connectivity index (χ0n) is 11.0. The summed E-state index contributed by atoms with van der Waals surface area (Å²) in [6.45, 7) is 2.10. The maximum Gasteiger partial charge on any atom is 0.147 e. The fourth-order valence-corrected chi connectivity index (χ4v) is 3.02. The summed E-state index contributed by atoms with van der Waals surface area (Å²) in [7, 11) is 1.84. The lowest BCUT2D eigenvalue weighted by Gasteiger charge is -2.40. The van der Waals surface area contributed by atoms with E-state index >= 15 is 0 Å². The van der Waals surface area contributed by atoms with Crippen LogP contribution in [0, 0.1) is 12.7 Å². The van der Waals surface area contributed by atoms with E-state index in [0.717, 1.165) is 24.9 Å². The highest BCUT2D eigenvalue weighted by atomic mass is 35.5. The lowest BCUT2D eigenvalue weighted by Crippen LogP contribution is -2.53. The summed E-state index contributed by atoms with van der Waals surface area (Å²) in [6, 6.07) is 1.76. The monoisotopic (exact) mass is 285 g/mol. The van der Waals surface area contributed by atoms with Crippen LogP contribution in [0.4, 0.5) is 15.8 Å². The van der Waals surface area contributed by atoms with Crippen molar-refractivity contribution in [3.63, 3.8) is 0 Å². The minimum Gasteiger partial charge on any atom is -0.388 e. The van der Waals surface area contributed by atoms with E-state index < -0.39 is 11.4 Å². The van der Waals surface area contributed by atoms with E-state index in [1.54, 1.807) is 23.0 Å². The topological polar surface area (TPSA) is 38.7 Å². The van der Waals surface area contributed by atoms with Gasteiger partial charge >= 0.3 is 0 Å². The van der Waals surface area contributed by atoms with E-state index in [-0.39, 0.29) is 5.02 Å². The van der Waals surface area contributed by atoms with Gasteiger partial charge in [-0.3, -0.25) is 10.0 Å². The molecule has 104 valence electrons. The Morgan fingerprint density at radius 3 is 2.79 bits per heavy atom. The lowest BCUT2D eigenvalue weighted by molar-refractivity contribution is -0.0268. The van der Waals surface area contributed by atoms with Gasteiger partial charge in [0.2, 0.25) is 0 Å². The van der Waals surface area contributed by atoms with Gasteiger partial charge in [0.15, 0.2) is 0 Å². The van der Waals surface area contributed by atoms with Crippen LogP contribution in [0.1, 0.15) is 24.8 Å². The molecule has 2 N–H and O–H groups in total. The lowest BCUT2D eigenvalue weighted by atomic mass is 9.80. The molecule has 0 saturated heterocycles. The fraction of sp³-hybridized carbons (Fsp3) is 0.538. The first-order chi connectivity index (χ1) is 8.91. The molecule has 1 fully saturated rings. The van der Waals surface area contributed by atoms with Gasteiger partial charge < -0.3 is 5.11 Å². The average Bonchev–Trinajstić information content (AvgIpc) is 2.61. The molecule has 0 atom stereocenters. The zero-order chi connectivity index (χ0) is 13.8. The average molecular weight is 286 g/mol. The summed E-state index contributed by atoms with van der Waals surface area (Å²) >= 11 is 6.13. The summed E-state index contributed by atoms with van der Waals surface area (Å²) < 4.78 is 13.9. The molecule has 0 bridgehead atoms. The standard InChI is InChI=1S/C13H17ClFN3O/c1-8-6-9-12(10(14)11(8)15)18(16-17(9)2)7-13(19)4-3-5-13/h6,16,19H,3-5,7H2,1-2H3. The Morgan fingerprint density at radius 2 is 2.21 bits per heavy atom. The minimum absolute atomic E-state index is 0.106. The first-order valence-electron chi connectivity index (χ1n) is 6.40. The van der Waals surface area contributed by atoms with E-state index in [4.69, 9.17) is 11.6 Å². The minimum atomic E-state index is -0.694. The zero-order valence-corrected chi connectivity index (χ0v) is 11.8. The van der Waals surface area contributed by atoms with E-state index in [1.165, 1.54) is 0 Å². The first kappa shape index (κ1) is 13.0. The molecule has 1 aliphatic carbocycles. The van der Waals surface area contributed by atoms with Gasteiger partial charge in [0.05, 0.1) is 17.8 Å². The van der Waals surface area contributed by atoms with Gasteiger partial charge in [0, 0.05) is 7.05 Å². The molecule has 1 heterocycles. The second kappa shape index (κ2) is 4.23. The van der Waals surface area contributed by atoms with E-state index in [2.05, 4.69) is 5.53 Å². The second-order valence-corrected chi connectivity index (χ2v) is 5.89. The number of anilines is 2. The fourth-order valence-electron chi connectivity index (χ4n) is 2.68. The molecule has 19 heavy (non-hydrogen) atoms. The van der Waals surface area contributed by atoms with Crippen LogP contribution in [0.25, 0.3) is 0 Å². The van der Waals surface area contributed by atoms with Crippen LogP contribution < -0.4 is 15.6 Å². The van der Waals surface area contributed by atoms with Crippen molar-refractivity contribution in [3.8, 4) is 0 Å². The van der Waals surface area contributed by atoms with Crippen molar-refractivity contribution in [2.45, 2.75) is 31.8 Å². The van der Waals surface area contributed by atoms with Crippen molar-refractivity contribution in [1.82, 2.24) is 5.53 Å². The Balaban J connectivity index is 1.98. The number of halogens is 2. The molecule has 2 aliphatic rings. The summed E-state index contributed by atoms with van der Waals surface area (Å²) in [5, 5.41) is 13.9. The molecule has 6 heteroatoms. The number of fused-ring (bicyclic) bond motifs is 1. The SMILES string of the molecule is Cc1cc2c(c(Cl)c1F)N(CC1(O)CCC1)NN2C. The van der Waals surface area contributed by atoms with Gasteiger partial charge in [-0.15, -0.1) is 5.53 Å². The van der Waals surface area contributed by atoms with E-state index in [9.17, 15) is 9.50 Å². The predicted molar refractivity (Wildman–Crippen MR) is 73.8 cm³/mol. The Morgan fingerprint density at radius 1 is 1.53 bits per heavy atom. The van der Waals surface area contributed by atoms with Crippen molar-refractivity contribution in [2.75, 3.05) is 23.6 Å². The van der Waals surface area contributed by atoms with Gasteiger partial charge in [-0.25, -0.2) is 4.39 Å². The van der Waals surface area contributed by atoms with Crippen LogP contribution in [0.2, 0.25) is 5.02 Å². The molecule has 1 aliphatic heterocycles. The van der Waals surface area contributed by atoms with Crippen LogP contribution in [0.5, 0.6) is 0 Å². The summed E-state index contributed by atoms with van der Waals surface area (Å²) in [4.78, 5) is 0. The van der Waals surface area contributed by atoms with Gasteiger partial charge in [-0.1, -0.05) is 11.6 Å². The Kier molecular flexibility index (Phi) is 2.89. The van der Waals surface area contributed by atoms with Crippen molar-refractivity contribution in [2.24, 2.45) is 0 Å². The smallest absolute Gasteiger partial charge is 0.147 e. The predicted octanol–water partition coefficient (Wildman–Crippen LogP) is 2.38. The first-order valence-corrected chi connectivity index (χ1v) is 6.78.